The number of rotatable bonds is 5. The maximum absolute atomic E-state index is 12.9. The molecule has 0 aliphatic heterocycles. The lowest BCUT2D eigenvalue weighted by Crippen LogP contribution is -2.12. The van der Waals surface area contributed by atoms with Crippen LogP contribution in [-0.4, -0.2) is 24.0 Å². The summed E-state index contributed by atoms with van der Waals surface area (Å²) in [5.41, 5.74) is 0.896. The first kappa shape index (κ1) is 21.2. The van der Waals surface area contributed by atoms with E-state index >= 15 is 0 Å². The standard InChI is InChI=1S/C23H17N3O5S/c27-22-20(23(28)24-16-7-3-1-4-8-16)14-15-13-18(32(29,30)31)11-12-19(15)21(22)26-25-17-9-5-2-6-10-17/h1-14,27H,(H,24,28)(H,29,30,31). The van der Waals surface area contributed by atoms with Crippen LogP contribution in [0.5, 0.6) is 5.75 Å². The minimum Gasteiger partial charge on any atom is -0.505 e. The van der Waals surface area contributed by atoms with Crippen molar-refractivity contribution in [1.82, 2.24) is 0 Å². The van der Waals surface area contributed by atoms with Gasteiger partial charge < -0.3 is 10.4 Å². The molecule has 0 heterocycles. The van der Waals surface area contributed by atoms with Gasteiger partial charge in [0.1, 0.15) is 5.69 Å². The normalized spacial score (nSPS) is 11.7. The number of carbonyl (C=O) groups is 1. The van der Waals surface area contributed by atoms with Crippen LogP contribution in [0.3, 0.4) is 0 Å². The van der Waals surface area contributed by atoms with Crippen LogP contribution in [0.1, 0.15) is 10.4 Å². The molecule has 4 rings (SSSR count). The number of fused-ring (bicyclic) bond motifs is 1. The highest BCUT2D eigenvalue weighted by atomic mass is 32.2. The summed E-state index contributed by atoms with van der Waals surface area (Å²) < 4.78 is 32.6. The summed E-state index contributed by atoms with van der Waals surface area (Å²) in [6.45, 7) is 0. The molecule has 3 N–H and O–H groups in total. The SMILES string of the molecule is O=C(Nc1ccccc1)c1cc2cc(S(=O)(=O)O)ccc2c(N=Nc2ccccc2)c1O. The Labute approximate surface area is 183 Å². The number of para-hydroxylation sites is 1. The summed E-state index contributed by atoms with van der Waals surface area (Å²) in [4.78, 5) is 12.5. The number of benzene rings is 4. The fraction of sp³-hybridized carbons (Fsp3) is 0. The van der Waals surface area contributed by atoms with Gasteiger partial charge in [0.2, 0.25) is 0 Å². The lowest BCUT2D eigenvalue weighted by Gasteiger charge is -2.12. The predicted octanol–water partition coefficient (Wildman–Crippen LogP) is 5.46. The van der Waals surface area contributed by atoms with Gasteiger partial charge in [0.15, 0.2) is 5.75 Å². The van der Waals surface area contributed by atoms with Crippen molar-refractivity contribution in [2.24, 2.45) is 10.2 Å². The lowest BCUT2D eigenvalue weighted by atomic mass is 10.0. The summed E-state index contributed by atoms with van der Waals surface area (Å²) >= 11 is 0. The quantitative estimate of drug-likeness (QED) is 0.276. The van der Waals surface area contributed by atoms with Crippen molar-refractivity contribution in [3.63, 3.8) is 0 Å². The molecule has 8 nitrogen and oxygen atoms in total. The lowest BCUT2D eigenvalue weighted by molar-refractivity contribution is 0.102. The average molecular weight is 447 g/mol. The maximum atomic E-state index is 12.9. The van der Waals surface area contributed by atoms with E-state index < -0.39 is 21.8 Å². The summed E-state index contributed by atoms with van der Waals surface area (Å²) in [6.07, 6.45) is 0. The molecule has 0 spiro atoms. The second-order valence-corrected chi connectivity index (χ2v) is 8.26. The van der Waals surface area contributed by atoms with Crippen LogP contribution in [0.25, 0.3) is 10.8 Å². The molecular formula is C23H17N3O5S. The van der Waals surface area contributed by atoms with E-state index in [0.717, 1.165) is 0 Å². The number of phenols is 1. The number of nitrogens with one attached hydrogen (secondary N) is 1. The van der Waals surface area contributed by atoms with Crippen LogP contribution in [0, 0.1) is 0 Å². The van der Waals surface area contributed by atoms with Crippen LogP contribution in [0.4, 0.5) is 17.1 Å². The zero-order valence-electron chi connectivity index (χ0n) is 16.5. The second-order valence-electron chi connectivity index (χ2n) is 6.84. The number of carbonyl (C=O) groups excluding carboxylic acids is 1. The van der Waals surface area contributed by atoms with Gasteiger partial charge in [-0.1, -0.05) is 42.5 Å². The number of nitrogens with zero attached hydrogens (tertiary/aromatic N) is 2. The van der Waals surface area contributed by atoms with Crippen molar-refractivity contribution < 1.29 is 22.9 Å². The molecule has 0 fully saturated rings. The van der Waals surface area contributed by atoms with E-state index in [-0.39, 0.29) is 21.5 Å². The van der Waals surface area contributed by atoms with Crippen LogP contribution >= 0.6 is 0 Å². The fourth-order valence-corrected chi connectivity index (χ4v) is 3.63. The van der Waals surface area contributed by atoms with Crippen LogP contribution in [0.15, 0.2) is 100 Å². The first-order valence-corrected chi connectivity index (χ1v) is 10.9. The van der Waals surface area contributed by atoms with Gasteiger partial charge in [-0.25, -0.2) is 0 Å². The molecule has 0 radical (unpaired) electrons. The topological polar surface area (TPSA) is 128 Å². The molecule has 0 atom stereocenters. The highest BCUT2D eigenvalue weighted by Crippen LogP contribution is 2.40. The summed E-state index contributed by atoms with van der Waals surface area (Å²) in [6, 6.07) is 22.5. The van der Waals surface area contributed by atoms with Crippen LogP contribution in [-0.2, 0) is 10.1 Å². The number of hydrogen-bond donors (Lipinski definition) is 3. The van der Waals surface area contributed by atoms with Gasteiger partial charge in [-0.3, -0.25) is 9.35 Å². The Morgan fingerprint density at radius 1 is 0.844 bits per heavy atom. The first-order chi connectivity index (χ1) is 15.3. The molecule has 1 amide bonds. The minimum absolute atomic E-state index is 0.00791. The van der Waals surface area contributed by atoms with E-state index in [2.05, 4.69) is 15.5 Å². The van der Waals surface area contributed by atoms with Gasteiger partial charge >= 0.3 is 0 Å². The number of phenolic OH excluding ortho intramolecular Hbond substituents is 1. The van der Waals surface area contributed by atoms with E-state index in [0.29, 0.717) is 16.8 Å². The highest BCUT2D eigenvalue weighted by Gasteiger charge is 2.20. The van der Waals surface area contributed by atoms with Crippen molar-refractivity contribution in [2.75, 3.05) is 5.32 Å². The molecule has 0 saturated heterocycles. The molecule has 0 saturated carbocycles. The van der Waals surface area contributed by atoms with Crippen LogP contribution in [0.2, 0.25) is 0 Å². The molecule has 9 heteroatoms. The second kappa shape index (κ2) is 8.58. The zero-order valence-corrected chi connectivity index (χ0v) is 17.3. The van der Waals surface area contributed by atoms with Crippen molar-refractivity contribution in [1.29, 1.82) is 0 Å². The Morgan fingerprint density at radius 2 is 1.50 bits per heavy atom. The van der Waals surface area contributed by atoms with Crippen molar-refractivity contribution in [3.05, 3.63) is 90.5 Å². The van der Waals surface area contributed by atoms with Gasteiger partial charge in [0.25, 0.3) is 16.0 Å². The molecule has 0 bridgehead atoms. The molecule has 0 unspecified atom stereocenters. The third kappa shape index (κ3) is 4.48. The molecule has 160 valence electrons. The molecule has 0 aromatic heterocycles. The van der Waals surface area contributed by atoms with Crippen molar-refractivity contribution in [2.45, 2.75) is 4.90 Å². The zero-order chi connectivity index (χ0) is 22.7. The summed E-state index contributed by atoms with van der Waals surface area (Å²) in [5, 5.41) is 22.4. The van der Waals surface area contributed by atoms with Gasteiger partial charge in [-0.2, -0.15) is 13.5 Å². The molecule has 4 aromatic carbocycles. The van der Waals surface area contributed by atoms with E-state index in [4.69, 9.17) is 0 Å². The Kier molecular flexibility index (Phi) is 5.67. The third-order valence-corrected chi connectivity index (χ3v) is 5.50. The first-order valence-electron chi connectivity index (χ1n) is 9.43. The molecule has 4 aromatic rings. The van der Waals surface area contributed by atoms with Crippen LogP contribution < -0.4 is 5.32 Å². The van der Waals surface area contributed by atoms with E-state index in [1.165, 1.54) is 24.3 Å². The smallest absolute Gasteiger partial charge is 0.294 e. The molecule has 0 aliphatic carbocycles. The summed E-state index contributed by atoms with van der Waals surface area (Å²) in [7, 11) is -4.47. The predicted molar refractivity (Wildman–Crippen MR) is 120 cm³/mol. The van der Waals surface area contributed by atoms with Gasteiger partial charge in [0.05, 0.1) is 16.1 Å². The maximum Gasteiger partial charge on any atom is 0.294 e. The van der Waals surface area contributed by atoms with Gasteiger partial charge in [-0.15, -0.1) is 5.11 Å². The Morgan fingerprint density at radius 3 is 2.16 bits per heavy atom. The number of azo groups is 1. The highest BCUT2D eigenvalue weighted by molar-refractivity contribution is 7.85. The average Bonchev–Trinajstić information content (AvgIpc) is 2.78. The molecule has 32 heavy (non-hydrogen) atoms. The Balaban J connectivity index is 1.88. The number of aromatic hydroxyl groups is 1. The number of anilines is 1. The number of hydrogen-bond acceptors (Lipinski definition) is 6. The molecular weight excluding hydrogens is 430 g/mol. The Bertz CT molecular complexity index is 1440. The van der Waals surface area contributed by atoms with Crippen molar-refractivity contribution >= 4 is 43.9 Å². The third-order valence-electron chi connectivity index (χ3n) is 4.65. The van der Waals surface area contributed by atoms with Gasteiger partial charge in [-0.05, 0) is 47.9 Å². The largest absolute Gasteiger partial charge is 0.505 e. The Hall–Kier alpha value is -4.08. The monoisotopic (exact) mass is 447 g/mol. The summed E-state index contributed by atoms with van der Waals surface area (Å²) in [5.74, 6) is -1.03. The van der Waals surface area contributed by atoms with Crippen molar-refractivity contribution in [3.8, 4) is 5.75 Å². The van der Waals surface area contributed by atoms with Gasteiger partial charge in [0, 0.05) is 11.1 Å². The molecule has 0 aliphatic rings. The van der Waals surface area contributed by atoms with E-state index in [1.807, 2.05) is 6.07 Å². The van der Waals surface area contributed by atoms with E-state index in [9.17, 15) is 22.9 Å². The fourth-order valence-electron chi connectivity index (χ4n) is 3.11. The van der Waals surface area contributed by atoms with E-state index in [1.54, 1.807) is 54.6 Å². The minimum atomic E-state index is -4.47. The number of amides is 1.